The SMILES string of the molecule is CC(C)c1ccc(C(=O)CBr)c(C(C)C)c1C(C)C. The van der Waals surface area contributed by atoms with Gasteiger partial charge in [-0.05, 0) is 34.4 Å². The zero-order valence-corrected chi connectivity index (χ0v) is 14.5. The molecule has 0 N–H and O–H groups in total. The topological polar surface area (TPSA) is 17.1 Å². The molecule has 1 aromatic carbocycles. The van der Waals surface area contributed by atoms with Crippen LogP contribution in [0.1, 0.15) is 86.3 Å². The number of ketones is 1. The summed E-state index contributed by atoms with van der Waals surface area (Å²) in [6, 6.07) is 4.15. The molecule has 0 fully saturated rings. The van der Waals surface area contributed by atoms with Crippen molar-refractivity contribution in [1.82, 2.24) is 0 Å². The van der Waals surface area contributed by atoms with Gasteiger partial charge in [0.15, 0.2) is 5.78 Å². The number of benzene rings is 1. The first kappa shape index (κ1) is 16.4. The van der Waals surface area contributed by atoms with Gasteiger partial charge in [-0.3, -0.25) is 4.79 Å². The molecule has 0 atom stereocenters. The fourth-order valence-electron chi connectivity index (χ4n) is 2.74. The van der Waals surface area contributed by atoms with Crippen molar-refractivity contribution in [2.45, 2.75) is 59.3 Å². The Labute approximate surface area is 125 Å². The van der Waals surface area contributed by atoms with Gasteiger partial charge in [-0.1, -0.05) is 69.6 Å². The van der Waals surface area contributed by atoms with E-state index in [1.165, 1.54) is 16.7 Å². The van der Waals surface area contributed by atoms with Gasteiger partial charge >= 0.3 is 0 Å². The Morgan fingerprint density at radius 2 is 1.47 bits per heavy atom. The van der Waals surface area contributed by atoms with E-state index >= 15 is 0 Å². The van der Waals surface area contributed by atoms with Crippen LogP contribution in [0.4, 0.5) is 0 Å². The van der Waals surface area contributed by atoms with Gasteiger partial charge in [-0.2, -0.15) is 0 Å². The first-order valence-corrected chi connectivity index (χ1v) is 8.19. The third-order valence-electron chi connectivity index (χ3n) is 3.52. The van der Waals surface area contributed by atoms with E-state index < -0.39 is 0 Å². The minimum Gasteiger partial charge on any atom is -0.293 e. The summed E-state index contributed by atoms with van der Waals surface area (Å²) in [6.07, 6.45) is 0. The molecule has 106 valence electrons. The molecule has 0 aliphatic carbocycles. The van der Waals surface area contributed by atoms with Crippen LogP contribution in [-0.2, 0) is 0 Å². The van der Waals surface area contributed by atoms with Crippen molar-refractivity contribution in [2.75, 3.05) is 5.33 Å². The standard InChI is InChI=1S/C17H25BrO/c1-10(2)13-7-8-14(15(19)9-18)17(12(5)6)16(13)11(3)4/h7-8,10-12H,9H2,1-6H3. The lowest BCUT2D eigenvalue weighted by atomic mass is 9.80. The highest BCUT2D eigenvalue weighted by molar-refractivity contribution is 9.09. The van der Waals surface area contributed by atoms with Crippen LogP contribution < -0.4 is 0 Å². The predicted molar refractivity (Wildman–Crippen MR) is 86.8 cm³/mol. The quantitative estimate of drug-likeness (QED) is 0.506. The predicted octanol–water partition coefficient (Wildman–Crippen LogP) is 5.63. The molecule has 0 aliphatic rings. The van der Waals surface area contributed by atoms with E-state index in [0.717, 1.165) is 5.56 Å². The van der Waals surface area contributed by atoms with Crippen LogP contribution in [0.5, 0.6) is 0 Å². The molecule has 0 saturated heterocycles. The van der Waals surface area contributed by atoms with Crippen molar-refractivity contribution in [3.05, 3.63) is 34.4 Å². The highest BCUT2D eigenvalue weighted by Gasteiger charge is 2.22. The van der Waals surface area contributed by atoms with E-state index in [1.54, 1.807) is 0 Å². The Bertz CT molecular complexity index is 459. The molecule has 19 heavy (non-hydrogen) atoms. The van der Waals surface area contributed by atoms with Crippen LogP contribution in [0, 0.1) is 0 Å². The molecule has 0 unspecified atom stereocenters. The third-order valence-corrected chi connectivity index (χ3v) is 4.03. The summed E-state index contributed by atoms with van der Waals surface area (Å²) in [4.78, 5) is 12.1. The van der Waals surface area contributed by atoms with Crippen molar-refractivity contribution < 1.29 is 4.79 Å². The third kappa shape index (κ3) is 3.47. The highest BCUT2D eigenvalue weighted by atomic mass is 79.9. The number of rotatable bonds is 5. The molecule has 2 heteroatoms. The lowest BCUT2D eigenvalue weighted by Gasteiger charge is -2.25. The number of carbonyl (C=O) groups is 1. The molecule has 0 aromatic heterocycles. The molecular formula is C17H25BrO. The van der Waals surface area contributed by atoms with Crippen molar-refractivity contribution in [1.29, 1.82) is 0 Å². The maximum absolute atomic E-state index is 12.1. The average Bonchev–Trinajstić information content (AvgIpc) is 2.35. The summed E-state index contributed by atoms with van der Waals surface area (Å²) in [5.74, 6) is 1.48. The van der Waals surface area contributed by atoms with Gasteiger partial charge in [0, 0.05) is 5.56 Å². The maximum atomic E-state index is 12.1. The van der Waals surface area contributed by atoms with Crippen LogP contribution in [0.3, 0.4) is 0 Å². The normalized spacial score (nSPS) is 11.7. The second kappa shape index (κ2) is 6.69. The zero-order chi connectivity index (χ0) is 14.7. The van der Waals surface area contributed by atoms with Crippen molar-refractivity contribution in [3.8, 4) is 0 Å². The summed E-state index contributed by atoms with van der Waals surface area (Å²) in [5.41, 5.74) is 4.88. The Kier molecular flexibility index (Phi) is 5.79. The Morgan fingerprint density at radius 1 is 0.947 bits per heavy atom. The molecule has 0 amide bonds. The molecule has 0 aliphatic heterocycles. The molecular weight excluding hydrogens is 300 g/mol. The van der Waals surface area contributed by atoms with E-state index in [-0.39, 0.29) is 5.78 Å². The van der Waals surface area contributed by atoms with Gasteiger partial charge < -0.3 is 0 Å². The summed E-state index contributed by atoms with van der Waals surface area (Å²) in [7, 11) is 0. The fraction of sp³-hybridized carbons (Fsp3) is 0.588. The largest absolute Gasteiger partial charge is 0.293 e. The number of carbonyl (C=O) groups excluding carboxylic acids is 1. The molecule has 1 rings (SSSR count). The zero-order valence-electron chi connectivity index (χ0n) is 12.9. The Balaban J connectivity index is 3.63. The highest BCUT2D eigenvalue weighted by Crippen LogP contribution is 2.35. The first-order chi connectivity index (χ1) is 8.81. The Morgan fingerprint density at radius 3 is 1.84 bits per heavy atom. The van der Waals surface area contributed by atoms with Crippen molar-refractivity contribution >= 4 is 21.7 Å². The van der Waals surface area contributed by atoms with Crippen LogP contribution in [0.25, 0.3) is 0 Å². The van der Waals surface area contributed by atoms with Gasteiger partial charge in [0.2, 0.25) is 0 Å². The fourth-order valence-corrected chi connectivity index (χ4v) is 3.04. The van der Waals surface area contributed by atoms with E-state index in [4.69, 9.17) is 0 Å². The van der Waals surface area contributed by atoms with E-state index in [0.29, 0.717) is 23.1 Å². The second-order valence-electron chi connectivity index (χ2n) is 6.05. The molecule has 1 nitrogen and oxygen atoms in total. The van der Waals surface area contributed by atoms with Gasteiger partial charge in [0.1, 0.15) is 0 Å². The maximum Gasteiger partial charge on any atom is 0.173 e. The number of hydrogen-bond donors (Lipinski definition) is 0. The monoisotopic (exact) mass is 324 g/mol. The summed E-state index contributed by atoms with van der Waals surface area (Å²) in [5, 5.41) is 0.394. The van der Waals surface area contributed by atoms with Crippen molar-refractivity contribution in [2.24, 2.45) is 0 Å². The summed E-state index contributed by atoms with van der Waals surface area (Å²) in [6.45, 7) is 13.2. The average molecular weight is 325 g/mol. The molecule has 0 spiro atoms. The number of alkyl halides is 1. The molecule has 0 radical (unpaired) electrons. The molecule has 0 heterocycles. The summed E-state index contributed by atoms with van der Waals surface area (Å²) >= 11 is 3.29. The second-order valence-corrected chi connectivity index (χ2v) is 6.61. The minimum absolute atomic E-state index is 0.181. The van der Waals surface area contributed by atoms with Gasteiger partial charge in [0.05, 0.1) is 5.33 Å². The molecule has 0 saturated carbocycles. The van der Waals surface area contributed by atoms with E-state index in [1.807, 2.05) is 6.07 Å². The lowest BCUT2D eigenvalue weighted by Crippen LogP contribution is -2.13. The summed E-state index contributed by atoms with van der Waals surface area (Å²) < 4.78 is 0. The van der Waals surface area contributed by atoms with Gasteiger partial charge in [-0.25, -0.2) is 0 Å². The molecule has 1 aromatic rings. The van der Waals surface area contributed by atoms with Gasteiger partial charge in [-0.15, -0.1) is 0 Å². The molecule has 0 bridgehead atoms. The van der Waals surface area contributed by atoms with Crippen LogP contribution in [-0.4, -0.2) is 11.1 Å². The van der Waals surface area contributed by atoms with Gasteiger partial charge in [0.25, 0.3) is 0 Å². The van der Waals surface area contributed by atoms with E-state index in [2.05, 4.69) is 63.5 Å². The van der Waals surface area contributed by atoms with Crippen LogP contribution in [0.15, 0.2) is 12.1 Å². The van der Waals surface area contributed by atoms with E-state index in [9.17, 15) is 4.79 Å². The van der Waals surface area contributed by atoms with Crippen LogP contribution >= 0.6 is 15.9 Å². The smallest absolute Gasteiger partial charge is 0.173 e. The van der Waals surface area contributed by atoms with Crippen LogP contribution in [0.2, 0.25) is 0 Å². The van der Waals surface area contributed by atoms with Crippen molar-refractivity contribution in [3.63, 3.8) is 0 Å². The minimum atomic E-state index is 0.181. The lowest BCUT2D eigenvalue weighted by molar-refractivity contribution is 0.102. The first-order valence-electron chi connectivity index (χ1n) is 7.07. The number of halogens is 1. The Hall–Kier alpha value is -0.630. The number of Topliss-reactive ketones (excluding diaryl/α,β-unsaturated/α-hetero) is 1. The number of hydrogen-bond acceptors (Lipinski definition) is 1.